The van der Waals surface area contributed by atoms with E-state index < -0.39 is 35.6 Å². The third-order valence-electron chi connectivity index (χ3n) is 6.11. The molecule has 8 heteroatoms. The first-order chi connectivity index (χ1) is 19.4. The van der Waals surface area contributed by atoms with Gasteiger partial charge in [-0.25, -0.2) is 4.79 Å². The highest BCUT2D eigenvalue weighted by Gasteiger charge is 2.36. The number of alkyl carbamates (subject to hydrolysis) is 1. The maximum atomic E-state index is 14.1. The summed E-state index contributed by atoms with van der Waals surface area (Å²) in [6.45, 7) is 10.8. The van der Waals surface area contributed by atoms with Crippen molar-refractivity contribution in [3.8, 4) is 18.2 Å². The summed E-state index contributed by atoms with van der Waals surface area (Å²) in [5.74, 6) is -1.18. The number of rotatable bonds is 9. The van der Waals surface area contributed by atoms with Crippen LogP contribution in [0.4, 0.5) is 10.5 Å². The highest BCUT2D eigenvalue weighted by atomic mass is 16.6. The number of ether oxygens (including phenoxy) is 1. The van der Waals surface area contributed by atoms with Crippen LogP contribution in [-0.2, 0) is 20.7 Å². The maximum absolute atomic E-state index is 14.1. The largest absolute Gasteiger partial charge is 0.508 e. The summed E-state index contributed by atoms with van der Waals surface area (Å²) in [6, 6.07) is 20.4. The molecule has 212 valence electrons. The third kappa shape index (κ3) is 8.48. The zero-order valence-corrected chi connectivity index (χ0v) is 23.7. The van der Waals surface area contributed by atoms with E-state index in [2.05, 4.69) is 23.3 Å². The van der Waals surface area contributed by atoms with Crippen LogP contribution in [0.2, 0.25) is 0 Å². The van der Waals surface area contributed by atoms with Gasteiger partial charge in [-0.15, -0.1) is 0 Å². The quantitative estimate of drug-likeness (QED) is 0.237. The number of nitrogens with zero attached hydrogens (tertiary/aromatic N) is 1. The van der Waals surface area contributed by atoms with E-state index in [0.717, 1.165) is 16.0 Å². The molecule has 0 aliphatic carbocycles. The fourth-order valence-electron chi connectivity index (χ4n) is 4.14. The zero-order valence-electron chi connectivity index (χ0n) is 23.7. The number of benzene rings is 3. The Labute approximate surface area is 241 Å². The van der Waals surface area contributed by atoms with Gasteiger partial charge in [-0.05, 0) is 74.2 Å². The van der Waals surface area contributed by atoms with Crippen LogP contribution in [0.15, 0.2) is 79.4 Å². The van der Waals surface area contributed by atoms with Gasteiger partial charge in [0.2, 0.25) is 0 Å². The topological polar surface area (TPSA) is 108 Å². The van der Waals surface area contributed by atoms with Crippen molar-refractivity contribution < 1.29 is 24.2 Å². The summed E-state index contributed by atoms with van der Waals surface area (Å²) < 4.78 is 5.40. The Morgan fingerprint density at radius 2 is 1.76 bits per heavy atom. The molecular weight excluding hydrogens is 518 g/mol. The van der Waals surface area contributed by atoms with Crippen molar-refractivity contribution in [3.63, 3.8) is 0 Å². The lowest BCUT2D eigenvalue weighted by Gasteiger charge is -2.30. The van der Waals surface area contributed by atoms with E-state index in [1.54, 1.807) is 69.3 Å². The Bertz CT molecular complexity index is 1450. The molecule has 0 spiro atoms. The molecule has 3 aromatic rings. The molecule has 0 saturated carbocycles. The second kappa shape index (κ2) is 13.4. The average molecular weight is 554 g/mol. The lowest BCUT2D eigenvalue weighted by molar-refractivity contribution is -0.136. The van der Waals surface area contributed by atoms with Gasteiger partial charge in [-0.3, -0.25) is 14.5 Å². The summed E-state index contributed by atoms with van der Waals surface area (Å²) in [6.07, 6.45) is 6.73. The van der Waals surface area contributed by atoms with Gasteiger partial charge in [-0.2, -0.15) is 0 Å². The minimum Gasteiger partial charge on any atom is -0.508 e. The fraction of sp³-hybridized carbons (Fsp3) is 0.242. The minimum atomic E-state index is -1.24. The number of terminal acetylenes is 1. The van der Waals surface area contributed by atoms with Gasteiger partial charge in [-0.1, -0.05) is 67.6 Å². The molecule has 8 nitrogen and oxygen atoms in total. The second-order valence-corrected chi connectivity index (χ2v) is 10.5. The molecule has 0 aliphatic heterocycles. The zero-order chi connectivity index (χ0) is 30.2. The molecule has 0 saturated heterocycles. The van der Waals surface area contributed by atoms with Crippen molar-refractivity contribution in [2.45, 2.75) is 51.8 Å². The normalized spacial score (nSPS) is 12.3. The SMILES string of the molecule is C#CN(C(=O)C(Cc1ccc(O)cc1)NC(=O)OC(C)(C)C)C(C(=O)Nc1ccccc1C)c1cccc(C=C)c1. The highest BCUT2D eigenvalue weighted by Crippen LogP contribution is 2.26. The number of hydrogen-bond donors (Lipinski definition) is 3. The Balaban J connectivity index is 2.04. The van der Waals surface area contributed by atoms with Crippen LogP contribution < -0.4 is 10.6 Å². The maximum Gasteiger partial charge on any atom is 0.408 e. The molecule has 2 atom stereocenters. The van der Waals surface area contributed by atoms with E-state index >= 15 is 0 Å². The van der Waals surface area contributed by atoms with E-state index in [1.807, 2.05) is 25.1 Å². The number of carbonyl (C=O) groups excluding carboxylic acids is 3. The van der Waals surface area contributed by atoms with Crippen LogP contribution in [0.25, 0.3) is 6.08 Å². The van der Waals surface area contributed by atoms with Crippen LogP contribution in [0, 0.1) is 19.4 Å². The smallest absolute Gasteiger partial charge is 0.408 e. The summed E-state index contributed by atoms with van der Waals surface area (Å²) in [4.78, 5) is 41.7. The Hall–Kier alpha value is -5.03. The van der Waals surface area contributed by atoms with Crippen molar-refractivity contribution in [2.24, 2.45) is 0 Å². The predicted molar refractivity (Wildman–Crippen MR) is 160 cm³/mol. The van der Waals surface area contributed by atoms with Crippen molar-refractivity contribution in [1.82, 2.24) is 10.2 Å². The molecular formula is C33H35N3O5. The number of carbonyl (C=O) groups is 3. The number of nitrogens with one attached hydrogen (secondary N) is 2. The number of aromatic hydroxyl groups is 1. The van der Waals surface area contributed by atoms with Crippen molar-refractivity contribution in [3.05, 3.63) is 102 Å². The molecule has 2 unspecified atom stereocenters. The van der Waals surface area contributed by atoms with E-state index in [4.69, 9.17) is 11.2 Å². The molecule has 3 amide bonds. The Morgan fingerprint density at radius 3 is 2.37 bits per heavy atom. The lowest BCUT2D eigenvalue weighted by Crippen LogP contribution is -2.51. The number of anilines is 1. The summed E-state index contributed by atoms with van der Waals surface area (Å²) in [5.41, 5.74) is 2.41. The Kier molecular flexibility index (Phi) is 9.94. The van der Waals surface area contributed by atoms with Crippen LogP contribution in [0.1, 0.15) is 49.1 Å². The highest BCUT2D eigenvalue weighted by molar-refractivity contribution is 6.00. The molecule has 41 heavy (non-hydrogen) atoms. The number of aryl methyl sites for hydroxylation is 1. The summed E-state index contributed by atoms with van der Waals surface area (Å²) >= 11 is 0. The number of phenolic OH excluding ortho intramolecular Hbond substituents is 1. The average Bonchev–Trinajstić information content (AvgIpc) is 2.92. The van der Waals surface area contributed by atoms with Gasteiger partial charge in [0.25, 0.3) is 11.8 Å². The molecule has 3 aromatic carbocycles. The number of phenols is 1. The van der Waals surface area contributed by atoms with E-state index in [9.17, 15) is 19.5 Å². The van der Waals surface area contributed by atoms with E-state index in [-0.39, 0.29) is 12.2 Å². The standard InChI is InChI=1S/C33H35N3O5/c1-7-23-13-11-14-25(20-23)29(30(38)34-27-15-10-9-12-22(27)3)36(8-2)31(39)28(35-32(40)41-33(4,5)6)21-24-16-18-26(37)19-17-24/h2,7,9-20,28-29,37H,1,21H2,3-6H3,(H,34,38)(H,35,40). The number of amides is 3. The number of para-hydroxylation sites is 1. The van der Waals surface area contributed by atoms with E-state index in [1.165, 1.54) is 12.1 Å². The van der Waals surface area contributed by atoms with Crippen LogP contribution in [0.3, 0.4) is 0 Å². The number of hydrogen-bond acceptors (Lipinski definition) is 5. The molecule has 3 rings (SSSR count). The van der Waals surface area contributed by atoms with Crippen LogP contribution >= 0.6 is 0 Å². The molecule has 0 aromatic heterocycles. The Morgan fingerprint density at radius 1 is 1.07 bits per heavy atom. The summed E-state index contributed by atoms with van der Waals surface area (Å²) in [5, 5.41) is 15.2. The van der Waals surface area contributed by atoms with Gasteiger partial charge < -0.3 is 20.5 Å². The van der Waals surface area contributed by atoms with Gasteiger partial charge in [0.1, 0.15) is 23.4 Å². The predicted octanol–water partition coefficient (Wildman–Crippen LogP) is 5.58. The van der Waals surface area contributed by atoms with Crippen molar-refractivity contribution in [1.29, 1.82) is 0 Å². The fourth-order valence-corrected chi connectivity index (χ4v) is 4.14. The third-order valence-corrected chi connectivity index (χ3v) is 6.11. The van der Waals surface area contributed by atoms with Crippen LogP contribution in [-0.4, -0.2) is 39.6 Å². The van der Waals surface area contributed by atoms with Crippen molar-refractivity contribution >= 4 is 29.7 Å². The van der Waals surface area contributed by atoms with Gasteiger partial charge in [0, 0.05) is 18.2 Å². The first-order valence-electron chi connectivity index (χ1n) is 13.1. The second-order valence-electron chi connectivity index (χ2n) is 10.5. The molecule has 0 radical (unpaired) electrons. The molecule has 0 fully saturated rings. The molecule has 0 aliphatic rings. The molecule has 0 bridgehead atoms. The first kappa shape index (κ1) is 30.5. The van der Waals surface area contributed by atoms with E-state index in [0.29, 0.717) is 16.8 Å². The molecule has 3 N–H and O–H groups in total. The summed E-state index contributed by atoms with van der Waals surface area (Å²) in [7, 11) is 0. The lowest BCUT2D eigenvalue weighted by atomic mass is 9.99. The first-order valence-corrected chi connectivity index (χ1v) is 13.1. The van der Waals surface area contributed by atoms with Gasteiger partial charge in [0.15, 0.2) is 0 Å². The van der Waals surface area contributed by atoms with Gasteiger partial charge >= 0.3 is 6.09 Å². The monoisotopic (exact) mass is 553 g/mol. The van der Waals surface area contributed by atoms with Crippen LogP contribution in [0.5, 0.6) is 5.75 Å². The van der Waals surface area contributed by atoms with Gasteiger partial charge in [0.05, 0.1) is 0 Å². The minimum absolute atomic E-state index is 0.0232. The molecule has 0 heterocycles. The van der Waals surface area contributed by atoms with Crippen molar-refractivity contribution in [2.75, 3.05) is 5.32 Å².